The Morgan fingerprint density at radius 2 is 2.17 bits per heavy atom. The van der Waals surface area contributed by atoms with E-state index in [1.165, 1.54) is 17.8 Å². The van der Waals surface area contributed by atoms with Crippen molar-refractivity contribution in [3.05, 3.63) is 34.6 Å². The summed E-state index contributed by atoms with van der Waals surface area (Å²) in [6, 6.07) is 2.97. The molecule has 90 valence electrons. The fourth-order valence-electron chi connectivity index (χ4n) is 1.47. The number of imidazole rings is 1. The van der Waals surface area contributed by atoms with Crippen molar-refractivity contribution >= 4 is 28.5 Å². The zero-order valence-electron chi connectivity index (χ0n) is 8.73. The Hall–Kier alpha value is -2.42. The Balaban J connectivity index is 2.11. The number of hydrogen-bond donors (Lipinski definition) is 1. The molecule has 2 aromatic heterocycles. The maximum atomic E-state index is 10.8. The largest absolute Gasteiger partial charge is 0.339 e. The van der Waals surface area contributed by atoms with Crippen LogP contribution in [0.25, 0.3) is 11.0 Å². The second kappa shape index (κ2) is 4.11. The molecule has 0 aliphatic rings. The SMILES string of the molecule is O=[N+]([O-])c1ccc(Sc2ncc[nH]2)c2nonc12. The highest BCUT2D eigenvalue weighted by molar-refractivity contribution is 7.99. The number of nitro benzene ring substituents is 1. The van der Waals surface area contributed by atoms with E-state index in [0.29, 0.717) is 15.6 Å². The molecule has 0 spiro atoms. The van der Waals surface area contributed by atoms with Crippen molar-refractivity contribution in [3.63, 3.8) is 0 Å². The van der Waals surface area contributed by atoms with Gasteiger partial charge in [0.05, 0.1) is 4.92 Å². The van der Waals surface area contributed by atoms with Gasteiger partial charge in [-0.05, 0) is 28.1 Å². The number of aromatic amines is 1. The molecule has 0 unspecified atom stereocenters. The molecule has 0 atom stereocenters. The van der Waals surface area contributed by atoms with Crippen LogP contribution in [0.2, 0.25) is 0 Å². The third-order valence-electron chi connectivity index (χ3n) is 2.23. The molecule has 0 aliphatic heterocycles. The molecule has 1 N–H and O–H groups in total. The first-order chi connectivity index (χ1) is 8.75. The molecular weight excluding hydrogens is 258 g/mol. The lowest BCUT2D eigenvalue weighted by atomic mass is 10.3. The van der Waals surface area contributed by atoms with Gasteiger partial charge in [-0.3, -0.25) is 10.1 Å². The topological polar surface area (TPSA) is 111 Å². The summed E-state index contributed by atoms with van der Waals surface area (Å²) in [7, 11) is 0. The van der Waals surface area contributed by atoms with Gasteiger partial charge in [-0.2, -0.15) is 0 Å². The molecule has 3 aromatic rings. The van der Waals surface area contributed by atoms with Gasteiger partial charge in [0.15, 0.2) is 10.7 Å². The van der Waals surface area contributed by atoms with Gasteiger partial charge in [-0.15, -0.1) is 0 Å². The normalized spacial score (nSPS) is 10.9. The van der Waals surface area contributed by atoms with Crippen LogP contribution in [0.5, 0.6) is 0 Å². The Morgan fingerprint density at radius 3 is 2.89 bits per heavy atom. The molecule has 9 heteroatoms. The summed E-state index contributed by atoms with van der Waals surface area (Å²) in [5, 5.41) is 18.7. The van der Waals surface area contributed by atoms with Crippen LogP contribution in [-0.4, -0.2) is 25.2 Å². The number of fused-ring (bicyclic) bond motifs is 1. The Kier molecular flexibility index (Phi) is 2.45. The number of benzene rings is 1. The first kappa shape index (κ1) is 10.7. The number of non-ortho nitro benzene ring substituents is 1. The van der Waals surface area contributed by atoms with Crippen molar-refractivity contribution in [3.8, 4) is 0 Å². The monoisotopic (exact) mass is 263 g/mol. The van der Waals surface area contributed by atoms with Crippen molar-refractivity contribution in [1.29, 1.82) is 0 Å². The van der Waals surface area contributed by atoms with E-state index in [1.807, 2.05) is 0 Å². The molecule has 0 fully saturated rings. The summed E-state index contributed by atoms with van der Waals surface area (Å²) in [6.07, 6.45) is 3.30. The van der Waals surface area contributed by atoms with Crippen molar-refractivity contribution in [1.82, 2.24) is 20.3 Å². The van der Waals surface area contributed by atoms with Gasteiger partial charge >= 0.3 is 5.69 Å². The predicted molar refractivity (Wildman–Crippen MR) is 61.2 cm³/mol. The van der Waals surface area contributed by atoms with Crippen LogP contribution in [0.15, 0.2) is 39.2 Å². The zero-order valence-corrected chi connectivity index (χ0v) is 9.55. The highest BCUT2D eigenvalue weighted by Gasteiger charge is 2.20. The van der Waals surface area contributed by atoms with Gasteiger partial charge in [-0.1, -0.05) is 0 Å². The first-order valence-electron chi connectivity index (χ1n) is 4.82. The van der Waals surface area contributed by atoms with Crippen LogP contribution in [0, 0.1) is 10.1 Å². The molecule has 0 saturated heterocycles. The summed E-state index contributed by atoms with van der Waals surface area (Å²) in [5.41, 5.74) is 0.359. The standard InChI is InChI=1S/C9H5N5O3S/c15-14(16)5-1-2-6(8-7(5)12-17-13-8)18-9-10-3-4-11-9/h1-4H,(H,10,11). The minimum Gasteiger partial charge on any atom is -0.339 e. The van der Waals surface area contributed by atoms with E-state index in [4.69, 9.17) is 0 Å². The van der Waals surface area contributed by atoms with E-state index in [0.717, 1.165) is 0 Å². The third kappa shape index (κ3) is 1.70. The van der Waals surface area contributed by atoms with E-state index < -0.39 is 4.92 Å². The lowest BCUT2D eigenvalue weighted by Crippen LogP contribution is -1.90. The van der Waals surface area contributed by atoms with Gasteiger partial charge in [0.25, 0.3) is 0 Å². The van der Waals surface area contributed by atoms with Crippen LogP contribution < -0.4 is 0 Å². The molecule has 0 radical (unpaired) electrons. The van der Waals surface area contributed by atoms with Crippen molar-refractivity contribution < 1.29 is 9.55 Å². The van der Waals surface area contributed by atoms with E-state index >= 15 is 0 Å². The van der Waals surface area contributed by atoms with E-state index in [9.17, 15) is 10.1 Å². The minimum absolute atomic E-state index is 0.130. The second-order valence-corrected chi connectivity index (χ2v) is 4.33. The Morgan fingerprint density at radius 1 is 1.33 bits per heavy atom. The maximum Gasteiger partial charge on any atom is 0.300 e. The van der Waals surface area contributed by atoms with Gasteiger partial charge in [-0.25, -0.2) is 9.61 Å². The number of nitrogens with one attached hydrogen (secondary N) is 1. The molecule has 3 rings (SSSR count). The first-order valence-corrected chi connectivity index (χ1v) is 5.64. The third-order valence-corrected chi connectivity index (χ3v) is 3.20. The van der Waals surface area contributed by atoms with Crippen molar-refractivity contribution in [2.75, 3.05) is 0 Å². The smallest absolute Gasteiger partial charge is 0.300 e. The van der Waals surface area contributed by atoms with E-state index in [2.05, 4.69) is 24.9 Å². The van der Waals surface area contributed by atoms with Crippen LogP contribution >= 0.6 is 11.8 Å². The van der Waals surface area contributed by atoms with Gasteiger partial charge < -0.3 is 4.98 Å². The maximum absolute atomic E-state index is 10.8. The summed E-state index contributed by atoms with van der Waals surface area (Å²) >= 11 is 1.30. The van der Waals surface area contributed by atoms with Gasteiger partial charge in [0.2, 0.25) is 5.52 Å². The molecule has 0 aliphatic carbocycles. The molecule has 18 heavy (non-hydrogen) atoms. The molecule has 1 aromatic carbocycles. The number of nitrogens with zero attached hydrogens (tertiary/aromatic N) is 4. The minimum atomic E-state index is -0.520. The highest BCUT2D eigenvalue weighted by atomic mass is 32.2. The number of rotatable bonds is 3. The molecule has 2 heterocycles. The molecule has 0 saturated carbocycles. The predicted octanol–water partition coefficient (Wildman–Crippen LogP) is 2.01. The quantitative estimate of drug-likeness (QED) is 0.568. The second-order valence-electron chi connectivity index (χ2n) is 3.30. The van der Waals surface area contributed by atoms with Crippen LogP contribution in [-0.2, 0) is 0 Å². The number of hydrogen-bond acceptors (Lipinski definition) is 7. The molecule has 0 bridgehead atoms. The van der Waals surface area contributed by atoms with Gasteiger partial charge in [0, 0.05) is 23.4 Å². The molecular formula is C9H5N5O3S. The molecule has 8 nitrogen and oxygen atoms in total. The fraction of sp³-hybridized carbons (Fsp3) is 0. The van der Waals surface area contributed by atoms with Gasteiger partial charge in [0.1, 0.15) is 0 Å². The van der Waals surface area contributed by atoms with Crippen LogP contribution in [0.1, 0.15) is 0 Å². The lowest BCUT2D eigenvalue weighted by molar-refractivity contribution is -0.383. The summed E-state index contributed by atoms with van der Waals surface area (Å²) in [4.78, 5) is 18.0. The Labute approximate surface area is 104 Å². The number of aromatic nitrogens is 4. The van der Waals surface area contributed by atoms with Crippen LogP contribution in [0.3, 0.4) is 0 Å². The molecule has 0 amide bonds. The average molecular weight is 263 g/mol. The zero-order chi connectivity index (χ0) is 12.5. The highest BCUT2D eigenvalue weighted by Crippen LogP contribution is 2.34. The van der Waals surface area contributed by atoms with Crippen molar-refractivity contribution in [2.45, 2.75) is 10.1 Å². The summed E-state index contributed by atoms with van der Waals surface area (Å²) < 4.78 is 4.57. The van der Waals surface area contributed by atoms with E-state index in [-0.39, 0.29) is 11.2 Å². The fourth-order valence-corrected chi connectivity index (χ4v) is 2.29. The lowest BCUT2D eigenvalue weighted by Gasteiger charge is -1.98. The number of nitro groups is 1. The van der Waals surface area contributed by atoms with Crippen LogP contribution in [0.4, 0.5) is 5.69 Å². The van der Waals surface area contributed by atoms with E-state index in [1.54, 1.807) is 18.5 Å². The summed E-state index contributed by atoms with van der Waals surface area (Å²) in [5.74, 6) is 0. The number of H-pyrrole nitrogens is 1. The summed E-state index contributed by atoms with van der Waals surface area (Å²) in [6.45, 7) is 0. The average Bonchev–Trinajstić information content (AvgIpc) is 2.98. The van der Waals surface area contributed by atoms with Crippen molar-refractivity contribution in [2.24, 2.45) is 0 Å². The Bertz CT molecular complexity index is 708.